The molecule has 0 aromatic heterocycles. The van der Waals surface area contributed by atoms with Crippen molar-refractivity contribution in [3.8, 4) is 5.75 Å². The summed E-state index contributed by atoms with van der Waals surface area (Å²) >= 11 is 0. The zero-order chi connectivity index (χ0) is 20.3. The van der Waals surface area contributed by atoms with Gasteiger partial charge >= 0.3 is 0 Å². The van der Waals surface area contributed by atoms with E-state index in [1.54, 1.807) is 19.2 Å². The van der Waals surface area contributed by atoms with Crippen LogP contribution in [0.2, 0.25) is 0 Å². The second-order valence-corrected chi connectivity index (χ2v) is 8.43. The van der Waals surface area contributed by atoms with Crippen LogP contribution >= 0.6 is 0 Å². The van der Waals surface area contributed by atoms with E-state index in [4.69, 9.17) is 4.74 Å². The molecule has 1 saturated heterocycles. The van der Waals surface area contributed by atoms with Gasteiger partial charge < -0.3 is 9.84 Å². The number of nitrogens with zero attached hydrogens (tertiary/aromatic N) is 2. The molecule has 0 radical (unpaired) electrons. The Labute approximate surface area is 172 Å². The monoisotopic (exact) mass is 398 g/mol. The van der Waals surface area contributed by atoms with Gasteiger partial charge in [0.05, 0.1) is 12.7 Å². The van der Waals surface area contributed by atoms with Crippen molar-refractivity contribution in [3.63, 3.8) is 0 Å². The molecule has 1 N–H and O–H groups in total. The number of piperazine rings is 1. The molecule has 1 aliphatic heterocycles. The molecule has 5 heteroatoms. The minimum Gasteiger partial charge on any atom is -0.497 e. The van der Waals surface area contributed by atoms with Crippen LogP contribution in [0.25, 0.3) is 0 Å². The summed E-state index contributed by atoms with van der Waals surface area (Å²) in [5.74, 6) is 0.662. The fourth-order valence-electron chi connectivity index (χ4n) is 4.81. The van der Waals surface area contributed by atoms with Gasteiger partial charge in [-0.2, -0.15) is 0 Å². The maximum absolute atomic E-state index is 13.2. The number of methoxy groups -OCH3 is 1. The molecule has 4 rings (SSSR count). The Morgan fingerprint density at radius 2 is 1.72 bits per heavy atom. The molecule has 0 bridgehead atoms. The lowest BCUT2D eigenvalue weighted by molar-refractivity contribution is -0.0320. The summed E-state index contributed by atoms with van der Waals surface area (Å²) in [6.07, 6.45) is 3.47. The van der Waals surface area contributed by atoms with E-state index in [1.165, 1.54) is 17.7 Å². The number of aliphatic hydroxyl groups is 1. The van der Waals surface area contributed by atoms with Gasteiger partial charge in [-0.05, 0) is 61.1 Å². The molecule has 0 amide bonds. The molecule has 2 fully saturated rings. The first kappa shape index (κ1) is 20.3. The van der Waals surface area contributed by atoms with Crippen LogP contribution in [0.5, 0.6) is 5.75 Å². The van der Waals surface area contributed by atoms with E-state index < -0.39 is 5.60 Å². The number of halogens is 1. The molecule has 1 heterocycles. The SMILES string of the molecule is COc1cccc(CN2CCN(C3CCC(O)(c4ccc(F)cc4)CC3)CC2)c1. The summed E-state index contributed by atoms with van der Waals surface area (Å²) in [5, 5.41) is 11.0. The van der Waals surface area contributed by atoms with E-state index in [2.05, 4.69) is 28.0 Å². The first-order valence-corrected chi connectivity index (χ1v) is 10.6. The highest BCUT2D eigenvalue weighted by Gasteiger charge is 2.37. The minimum atomic E-state index is -0.807. The van der Waals surface area contributed by atoms with Crippen molar-refractivity contribution < 1.29 is 14.2 Å². The predicted molar refractivity (Wildman–Crippen MR) is 112 cm³/mol. The van der Waals surface area contributed by atoms with Gasteiger partial charge in [-0.15, -0.1) is 0 Å². The number of rotatable bonds is 5. The third-order valence-electron chi connectivity index (χ3n) is 6.63. The van der Waals surface area contributed by atoms with Gasteiger partial charge in [0.1, 0.15) is 11.6 Å². The molecule has 0 unspecified atom stereocenters. The van der Waals surface area contributed by atoms with Crippen LogP contribution in [0.1, 0.15) is 36.8 Å². The maximum Gasteiger partial charge on any atom is 0.123 e. The van der Waals surface area contributed by atoms with E-state index in [1.807, 2.05) is 6.07 Å². The molecule has 1 aliphatic carbocycles. The number of ether oxygens (including phenoxy) is 1. The van der Waals surface area contributed by atoms with Crippen LogP contribution in [0.4, 0.5) is 4.39 Å². The molecule has 0 atom stereocenters. The second kappa shape index (κ2) is 8.82. The van der Waals surface area contributed by atoms with Gasteiger partial charge in [-0.25, -0.2) is 4.39 Å². The standard InChI is InChI=1S/C24H31FN2O2/c1-29-23-4-2-3-19(17-23)18-26-13-15-27(16-14-26)22-9-11-24(28,12-10-22)20-5-7-21(25)8-6-20/h2-8,17,22,28H,9-16,18H2,1H3. The average molecular weight is 399 g/mol. The Kier molecular flexibility index (Phi) is 6.18. The molecule has 2 aromatic carbocycles. The molecular weight excluding hydrogens is 367 g/mol. The van der Waals surface area contributed by atoms with E-state index >= 15 is 0 Å². The van der Waals surface area contributed by atoms with Gasteiger partial charge in [0.15, 0.2) is 0 Å². The summed E-state index contributed by atoms with van der Waals surface area (Å²) in [5.41, 5.74) is 1.33. The zero-order valence-corrected chi connectivity index (χ0v) is 17.2. The fourth-order valence-corrected chi connectivity index (χ4v) is 4.81. The van der Waals surface area contributed by atoms with Crippen molar-refractivity contribution in [3.05, 3.63) is 65.5 Å². The third-order valence-corrected chi connectivity index (χ3v) is 6.63. The van der Waals surface area contributed by atoms with Crippen molar-refractivity contribution in [2.75, 3.05) is 33.3 Å². The summed E-state index contributed by atoms with van der Waals surface area (Å²) in [6, 6.07) is 15.2. The molecule has 0 spiro atoms. The van der Waals surface area contributed by atoms with Crippen LogP contribution < -0.4 is 4.74 Å². The van der Waals surface area contributed by atoms with Crippen molar-refractivity contribution in [1.82, 2.24) is 9.80 Å². The quantitative estimate of drug-likeness (QED) is 0.832. The van der Waals surface area contributed by atoms with Gasteiger partial charge in [-0.1, -0.05) is 24.3 Å². The summed E-state index contributed by atoms with van der Waals surface area (Å²) in [7, 11) is 1.71. The first-order chi connectivity index (χ1) is 14.1. The normalized spacial score (nSPS) is 26.4. The lowest BCUT2D eigenvalue weighted by Crippen LogP contribution is -2.51. The highest BCUT2D eigenvalue weighted by atomic mass is 19.1. The first-order valence-electron chi connectivity index (χ1n) is 10.6. The molecule has 4 nitrogen and oxygen atoms in total. The van der Waals surface area contributed by atoms with Crippen LogP contribution in [-0.4, -0.2) is 54.2 Å². The zero-order valence-electron chi connectivity index (χ0n) is 17.2. The van der Waals surface area contributed by atoms with Crippen LogP contribution in [0.15, 0.2) is 48.5 Å². The van der Waals surface area contributed by atoms with Crippen LogP contribution in [-0.2, 0) is 12.1 Å². The van der Waals surface area contributed by atoms with E-state index in [0.717, 1.165) is 69.7 Å². The average Bonchev–Trinajstić information content (AvgIpc) is 2.75. The van der Waals surface area contributed by atoms with Crippen LogP contribution in [0.3, 0.4) is 0 Å². The second-order valence-electron chi connectivity index (χ2n) is 8.43. The van der Waals surface area contributed by atoms with E-state index in [9.17, 15) is 9.50 Å². The Morgan fingerprint density at radius 3 is 2.38 bits per heavy atom. The lowest BCUT2D eigenvalue weighted by Gasteiger charge is -2.44. The molecule has 29 heavy (non-hydrogen) atoms. The van der Waals surface area contributed by atoms with Crippen molar-refractivity contribution in [1.29, 1.82) is 0 Å². The predicted octanol–water partition coefficient (Wildman–Crippen LogP) is 3.78. The summed E-state index contributed by atoms with van der Waals surface area (Å²) in [4.78, 5) is 5.09. The number of hydrogen-bond acceptors (Lipinski definition) is 4. The van der Waals surface area contributed by atoms with E-state index in [-0.39, 0.29) is 5.82 Å². The van der Waals surface area contributed by atoms with Gasteiger partial charge in [0, 0.05) is 38.8 Å². The fraction of sp³-hybridized carbons (Fsp3) is 0.500. The van der Waals surface area contributed by atoms with Crippen molar-refractivity contribution in [2.24, 2.45) is 0 Å². The Hall–Kier alpha value is -1.95. The van der Waals surface area contributed by atoms with E-state index in [0.29, 0.717) is 6.04 Å². The van der Waals surface area contributed by atoms with Crippen LogP contribution in [0, 0.1) is 5.82 Å². The Balaban J connectivity index is 1.27. The topological polar surface area (TPSA) is 35.9 Å². The Bertz CT molecular complexity index is 795. The highest BCUT2D eigenvalue weighted by Crippen LogP contribution is 2.38. The van der Waals surface area contributed by atoms with Gasteiger partial charge in [0.2, 0.25) is 0 Å². The van der Waals surface area contributed by atoms with Gasteiger partial charge in [-0.3, -0.25) is 9.80 Å². The van der Waals surface area contributed by atoms with Crippen molar-refractivity contribution in [2.45, 2.75) is 43.9 Å². The maximum atomic E-state index is 13.2. The number of hydrogen-bond donors (Lipinski definition) is 1. The Morgan fingerprint density at radius 1 is 1.03 bits per heavy atom. The summed E-state index contributed by atoms with van der Waals surface area (Å²) in [6.45, 7) is 5.24. The smallest absolute Gasteiger partial charge is 0.123 e. The third kappa shape index (κ3) is 4.80. The summed E-state index contributed by atoms with van der Waals surface area (Å²) < 4.78 is 18.5. The highest BCUT2D eigenvalue weighted by molar-refractivity contribution is 5.28. The van der Waals surface area contributed by atoms with Gasteiger partial charge in [0.25, 0.3) is 0 Å². The lowest BCUT2D eigenvalue weighted by atomic mass is 9.77. The molecule has 156 valence electrons. The molecule has 2 aliphatic rings. The molecule has 1 saturated carbocycles. The minimum absolute atomic E-state index is 0.252. The molecular formula is C24H31FN2O2. The largest absolute Gasteiger partial charge is 0.497 e. The molecule has 2 aromatic rings. The number of benzene rings is 2. The van der Waals surface area contributed by atoms with Crippen molar-refractivity contribution >= 4 is 0 Å².